The first-order chi connectivity index (χ1) is 16.0. The predicted octanol–water partition coefficient (Wildman–Crippen LogP) is 3.18. The summed E-state index contributed by atoms with van der Waals surface area (Å²) >= 11 is 0. The zero-order valence-corrected chi connectivity index (χ0v) is 18.7. The van der Waals surface area contributed by atoms with Gasteiger partial charge in [0.25, 0.3) is 0 Å². The third-order valence-corrected chi connectivity index (χ3v) is 6.37. The summed E-state index contributed by atoms with van der Waals surface area (Å²) in [5.41, 5.74) is 0.837. The number of allylic oxidation sites excluding steroid dienone is 2. The van der Waals surface area contributed by atoms with Crippen LogP contribution < -0.4 is 14.6 Å². The number of hydrogen-bond donors (Lipinski definition) is 3. The van der Waals surface area contributed by atoms with Crippen LogP contribution in [0.15, 0.2) is 65.6 Å². The minimum absolute atomic E-state index is 0.0533. The van der Waals surface area contributed by atoms with Gasteiger partial charge in [0.15, 0.2) is 12.4 Å². The maximum atomic E-state index is 12.1. The lowest BCUT2D eigenvalue weighted by Crippen LogP contribution is -2.66. The van der Waals surface area contributed by atoms with Crippen LogP contribution in [0.4, 0.5) is 0 Å². The van der Waals surface area contributed by atoms with E-state index in [4.69, 9.17) is 10.1 Å². The highest BCUT2D eigenvalue weighted by molar-refractivity contribution is 5.71. The first kappa shape index (κ1) is 22.3. The first-order valence-corrected chi connectivity index (χ1v) is 11.0. The number of nitrogens with one attached hydrogen (secondary N) is 2. The van der Waals surface area contributed by atoms with Gasteiger partial charge in [0, 0.05) is 18.1 Å². The number of hydrogen-bond acceptors (Lipinski definition) is 6. The summed E-state index contributed by atoms with van der Waals surface area (Å²) < 4.78 is 7.52. The lowest BCUT2D eigenvalue weighted by molar-refractivity contribution is -0.742. The topological polar surface area (TPSA) is 117 Å². The van der Waals surface area contributed by atoms with Crippen LogP contribution in [0.25, 0.3) is 0 Å². The monoisotopic (exact) mass is 440 g/mol. The van der Waals surface area contributed by atoms with Crippen molar-refractivity contribution in [2.24, 2.45) is 5.92 Å². The number of benzene rings is 1. The van der Waals surface area contributed by atoms with Gasteiger partial charge in [-0.3, -0.25) is 5.41 Å². The molecule has 0 radical (unpaired) electrons. The van der Waals surface area contributed by atoms with Crippen LogP contribution in [-0.4, -0.2) is 23.3 Å². The fraction of sp³-hybridized carbons (Fsp3) is 0.346. The van der Waals surface area contributed by atoms with Crippen molar-refractivity contribution in [3.05, 3.63) is 76.8 Å². The lowest BCUT2D eigenvalue weighted by Gasteiger charge is -2.43. The fourth-order valence-electron chi connectivity index (χ4n) is 4.63. The molecular formula is C26H26N5O2+. The largest absolute Gasteiger partial charge is 0.494 e. The van der Waals surface area contributed by atoms with E-state index < -0.39 is 17.7 Å². The molecule has 166 valence electrons. The molecule has 1 aromatic carbocycles. The van der Waals surface area contributed by atoms with Gasteiger partial charge >= 0.3 is 0 Å². The smallest absolute Gasteiger partial charge is 0.216 e. The highest BCUT2D eigenvalue weighted by Gasteiger charge is 2.61. The van der Waals surface area contributed by atoms with Gasteiger partial charge in [-0.25, -0.2) is 0 Å². The van der Waals surface area contributed by atoms with Crippen LogP contribution in [0, 0.1) is 40.9 Å². The van der Waals surface area contributed by atoms with Crippen LogP contribution in [0.5, 0.6) is 5.75 Å². The summed E-state index contributed by atoms with van der Waals surface area (Å²) in [6.07, 6.45) is 5.48. The van der Waals surface area contributed by atoms with Crippen LogP contribution in [-0.2, 0) is 0 Å². The molecule has 3 N–H and O–H groups in total. The molecule has 0 unspecified atom stereocenters. The van der Waals surface area contributed by atoms with Crippen LogP contribution in [0.3, 0.4) is 0 Å². The second-order valence-corrected chi connectivity index (χ2v) is 8.48. The van der Waals surface area contributed by atoms with E-state index in [0.29, 0.717) is 17.9 Å². The zero-order valence-electron chi connectivity index (χ0n) is 18.7. The van der Waals surface area contributed by atoms with E-state index in [-0.39, 0.29) is 17.2 Å². The molecular weight excluding hydrogens is 414 g/mol. The highest BCUT2D eigenvalue weighted by atomic mass is 16.5. The molecule has 2 heterocycles. The average molecular weight is 441 g/mol. The Bertz CT molecular complexity index is 1210. The molecule has 2 aromatic rings. The van der Waals surface area contributed by atoms with Crippen molar-refractivity contribution in [3.63, 3.8) is 0 Å². The number of aromatic nitrogens is 1. The SMILES string of the molecule is CCOc1ccc([C@@H]2C(C#N)=C(C(=C=N)C#N)N[C@](O)(C3CC3)[C@H]2[n+]2ccc(C)cc2)cc1. The molecule has 1 aromatic heterocycles. The van der Waals surface area contributed by atoms with Gasteiger partial charge in [-0.2, -0.15) is 15.1 Å². The van der Waals surface area contributed by atoms with Crippen molar-refractivity contribution >= 4 is 5.87 Å². The van der Waals surface area contributed by atoms with Crippen molar-refractivity contribution in [3.8, 4) is 17.9 Å². The van der Waals surface area contributed by atoms with Gasteiger partial charge in [0.05, 0.1) is 29.9 Å². The van der Waals surface area contributed by atoms with Crippen molar-refractivity contribution in [2.45, 2.75) is 44.4 Å². The van der Waals surface area contributed by atoms with E-state index >= 15 is 0 Å². The van der Waals surface area contributed by atoms with E-state index in [9.17, 15) is 15.6 Å². The van der Waals surface area contributed by atoms with E-state index in [1.54, 1.807) is 0 Å². The molecule has 3 atom stereocenters. The molecule has 1 fully saturated rings. The Morgan fingerprint density at radius 2 is 1.88 bits per heavy atom. The summed E-state index contributed by atoms with van der Waals surface area (Å²) in [6.45, 7) is 4.45. The van der Waals surface area contributed by atoms with Gasteiger partial charge in [-0.05, 0) is 55.8 Å². The molecule has 7 nitrogen and oxygen atoms in total. The Kier molecular flexibility index (Phi) is 6.03. The van der Waals surface area contributed by atoms with Crippen LogP contribution in [0.2, 0.25) is 0 Å². The first-order valence-electron chi connectivity index (χ1n) is 11.0. The summed E-state index contributed by atoms with van der Waals surface area (Å²) in [4.78, 5) is 0. The third kappa shape index (κ3) is 4.01. The summed E-state index contributed by atoms with van der Waals surface area (Å²) in [5.74, 6) is 2.24. The third-order valence-electron chi connectivity index (χ3n) is 6.37. The molecule has 7 heteroatoms. The average Bonchev–Trinajstić information content (AvgIpc) is 3.67. The number of aryl methyl sites for hydroxylation is 1. The Labute approximate surface area is 193 Å². The fourth-order valence-corrected chi connectivity index (χ4v) is 4.63. The summed E-state index contributed by atoms with van der Waals surface area (Å²) in [5, 5.41) is 42.6. The number of nitriles is 2. The molecule has 4 rings (SSSR count). The molecule has 0 amide bonds. The van der Waals surface area contributed by atoms with Crippen molar-refractivity contribution < 1.29 is 14.4 Å². The Balaban J connectivity index is 1.98. The molecule has 33 heavy (non-hydrogen) atoms. The van der Waals surface area contributed by atoms with Gasteiger partial charge in [-0.1, -0.05) is 12.1 Å². The molecule has 1 aliphatic carbocycles. The Morgan fingerprint density at radius 1 is 1.21 bits per heavy atom. The Morgan fingerprint density at radius 3 is 2.39 bits per heavy atom. The molecule has 1 aliphatic heterocycles. The van der Waals surface area contributed by atoms with Gasteiger partial charge in [0.1, 0.15) is 17.4 Å². The summed E-state index contributed by atoms with van der Waals surface area (Å²) in [6, 6.07) is 15.1. The minimum Gasteiger partial charge on any atom is -0.494 e. The van der Waals surface area contributed by atoms with Crippen LogP contribution in [0.1, 0.15) is 42.9 Å². The van der Waals surface area contributed by atoms with E-state index in [2.05, 4.69) is 17.3 Å². The number of pyridine rings is 1. The number of rotatable bonds is 6. The maximum absolute atomic E-state index is 12.1. The second-order valence-electron chi connectivity index (χ2n) is 8.48. The number of nitrogens with zero attached hydrogens (tertiary/aromatic N) is 3. The van der Waals surface area contributed by atoms with Gasteiger partial charge in [0.2, 0.25) is 11.8 Å². The van der Waals surface area contributed by atoms with Crippen LogP contribution >= 0.6 is 0 Å². The minimum atomic E-state index is -1.42. The molecule has 2 aliphatic rings. The summed E-state index contributed by atoms with van der Waals surface area (Å²) in [7, 11) is 0. The standard InChI is InChI=1S/C26H26N5O2/c1-3-33-21-8-4-18(5-9-21)23-22(16-29)24(19(14-27)15-28)30-26(32,20-6-7-20)25(23)31-12-10-17(2)11-13-31/h4-5,8-13,20,23,25,27,30,32H,3,6-7H2,1-2H3/q+1/t23-,25+,26+/m1/s1. The van der Waals surface area contributed by atoms with Gasteiger partial charge < -0.3 is 15.2 Å². The van der Waals surface area contributed by atoms with Crippen molar-refractivity contribution in [2.75, 3.05) is 6.61 Å². The molecule has 1 saturated carbocycles. The second kappa shape index (κ2) is 8.92. The lowest BCUT2D eigenvalue weighted by atomic mass is 9.73. The molecule has 0 saturated heterocycles. The van der Waals surface area contributed by atoms with E-state index in [0.717, 1.165) is 24.0 Å². The number of aliphatic hydroxyl groups is 1. The maximum Gasteiger partial charge on any atom is 0.216 e. The zero-order chi connectivity index (χ0) is 23.6. The predicted molar refractivity (Wildman–Crippen MR) is 121 cm³/mol. The van der Waals surface area contributed by atoms with Crippen molar-refractivity contribution in [1.29, 1.82) is 15.9 Å². The quantitative estimate of drug-likeness (QED) is 0.362. The normalized spacial score (nSPS) is 24.2. The molecule has 0 bridgehead atoms. The van der Waals surface area contributed by atoms with E-state index in [1.807, 2.05) is 73.3 Å². The van der Waals surface area contributed by atoms with Crippen molar-refractivity contribution in [1.82, 2.24) is 5.32 Å². The Hall–Kier alpha value is -3.90. The number of ether oxygens (including phenoxy) is 1. The van der Waals surface area contributed by atoms with E-state index in [1.165, 1.54) is 0 Å². The molecule has 0 spiro atoms. The highest BCUT2D eigenvalue weighted by Crippen LogP contribution is 2.52. The van der Waals surface area contributed by atoms with Gasteiger partial charge in [-0.15, -0.1) is 0 Å².